The molecule has 3 rings (SSSR count). The summed E-state index contributed by atoms with van der Waals surface area (Å²) in [6.07, 6.45) is 6.20. The van der Waals surface area contributed by atoms with Gasteiger partial charge in [0.05, 0.1) is 11.0 Å². The molecule has 2 aromatic rings. The first kappa shape index (κ1) is 13.0. The van der Waals surface area contributed by atoms with Crippen LogP contribution in [0.25, 0.3) is 11.0 Å². The summed E-state index contributed by atoms with van der Waals surface area (Å²) in [4.78, 5) is 4.82. The van der Waals surface area contributed by atoms with Crippen LogP contribution in [0.15, 0.2) is 24.3 Å². The minimum atomic E-state index is 0.412. The summed E-state index contributed by atoms with van der Waals surface area (Å²) in [5.74, 6) is 2.24. The molecule has 3 heteroatoms. The number of benzene rings is 1. The number of aromatic nitrogens is 2. The SMILES string of the molecule is CCCc1nc2ccccc2n1CC1(CS)CCC1. The Morgan fingerprint density at radius 1 is 1.32 bits per heavy atom. The van der Waals surface area contributed by atoms with Gasteiger partial charge in [-0.1, -0.05) is 25.5 Å². The van der Waals surface area contributed by atoms with Crippen LogP contribution in [0.2, 0.25) is 0 Å². The van der Waals surface area contributed by atoms with E-state index in [1.165, 1.54) is 30.6 Å². The van der Waals surface area contributed by atoms with Crippen molar-refractivity contribution in [2.75, 3.05) is 5.75 Å². The van der Waals surface area contributed by atoms with Crippen LogP contribution in [-0.2, 0) is 13.0 Å². The third kappa shape index (κ3) is 2.29. The molecule has 1 aromatic heterocycles. The van der Waals surface area contributed by atoms with Crippen molar-refractivity contribution in [2.24, 2.45) is 5.41 Å². The molecular formula is C16H22N2S. The lowest BCUT2D eigenvalue weighted by Gasteiger charge is -2.41. The molecule has 1 aromatic carbocycles. The van der Waals surface area contributed by atoms with E-state index in [4.69, 9.17) is 4.98 Å². The minimum Gasteiger partial charge on any atom is -0.327 e. The summed E-state index contributed by atoms with van der Waals surface area (Å²) in [6.45, 7) is 3.31. The van der Waals surface area contributed by atoms with Gasteiger partial charge in [-0.25, -0.2) is 4.98 Å². The molecule has 0 unspecified atom stereocenters. The molecule has 1 aliphatic carbocycles. The molecule has 1 saturated carbocycles. The van der Waals surface area contributed by atoms with Crippen molar-refractivity contribution in [3.63, 3.8) is 0 Å². The topological polar surface area (TPSA) is 17.8 Å². The molecule has 0 radical (unpaired) electrons. The molecule has 0 bridgehead atoms. The highest BCUT2D eigenvalue weighted by atomic mass is 32.1. The van der Waals surface area contributed by atoms with Gasteiger partial charge in [0.15, 0.2) is 0 Å². The zero-order valence-corrected chi connectivity index (χ0v) is 12.5. The summed E-state index contributed by atoms with van der Waals surface area (Å²) in [5, 5.41) is 0. The van der Waals surface area contributed by atoms with Crippen molar-refractivity contribution in [3.05, 3.63) is 30.1 Å². The number of imidazole rings is 1. The molecule has 2 nitrogen and oxygen atoms in total. The van der Waals surface area contributed by atoms with Gasteiger partial charge < -0.3 is 4.57 Å². The first-order valence-corrected chi connectivity index (χ1v) is 7.96. The first-order valence-electron chi connectivity index (χ1n) is 7.33. The third-order valence-electron chi connectivity index (χ3n) is 4.45. The molecule has 0 saturated heterocycles. The number of hydrogen-bond donors (Lipinski definition) is 1. The summed E-state index contributed by atoms with van der Waals surface area (Å²) >= 11 is 4.59. The Balaban J connectivity index is 2.02. The van der Waals surface area contributed by atoms with Gasteiger partial charge in [-0.05, 0) is 42.6 Å². The van der Waals surface area contributed by atoms with E-state index >= 15 is 0 Å². The number of aryl methyl sites for hydroxylation is 1. The van der Waals surface area contributed by atoms with Gasteiger partial charge in [-0.15, -0.1) is 0 Å². The van der Waals surface area contributed by atoms with Crippen LogP contribution < -0.4 is 0 Å². The second-order valence-electron chi connectivity index (χ2n) is 5.86. The quantitative estimate of drug-likeness (QED) is 0.813. The summed E-state index contributed by atoms with van der Waals surface area (Å²) in [6, 6.07) is 8.52. The van der Waals surface area contributed by atoms with E-state index in [0.717, 1.165) is 30.7 Å². The zero-order chi connectivity index (χ0) is 13.3. The van der Waals surface area contributed by atoms with Crippen molar-refractivity contribution in [1.82, 2.24) is 9.55 Å². The summed E-state index contributed by atoms with van der Waals surface area (Å²) < 4.78 is 2.45. The summed E-state index contributed by atoms with van der Waals surface area (Å²) in [7, 11) is 0. The lowest BCUT2D eigenvalue weighted by Crippen LogP contribution is -2.36. The Labute approximate surface area is 120 Å². The third-order valence-corrected chi connectivity index (χ3v) is 5.12. The van der Waals surface area contributed by atoms with Crippen LogP contribution in [0, 0.1) is 5.41 Å². The van der Waals surface area contributed by atoms with E-state index in [-0.39, 0.29) is 0 Å². The predicted octanol–water partition coefficient (Wildman–Crippen LogP) is 4.09. The van der Waals surface area contributed by atoms with Gasteiger partial charge >= 0.3 is 0 Å². The average molecular weight is 274 g/mol. The Morgan fingerprint density at radius 2 is 2.11 bits per heavy atom. The molecule has 19 heavy (non-hydrogen) atoms. The highest BCUT2D eigenvalue weighted by Gasteiger charge is 2.36. The van der Waals surface area contributed by atoms with Crippen molar-refractivity contribution in [2.45, 2.75) is 45.6 Å². The highest BCUT2D eigenvalue weighted by Crippen LogP contribution is 2.44. The van der Waals surface area contributed by atoms with E-state index in [1.54, 1.807) is 0 Å². The standard InChI is InChI=1S/C16H22N2S/c1-2-6-15-17-13-7-3-4-8-14(13)18(15)11-16(12-19)9-5-10-16/h3-4,7-8,19H,2,5-6,9-12H2,1H3. The average Bonchev–Trinajstić information content (AvgIpc) is 2.72. The Kier molecular flexibility index (Phi) is 3.57. The van der Waals surface area contributed by atoms with Crippen molar-refractivity contribution >= 4 is 23.7 Å². The number of thiol groups is 1. The highest BCUT2D eigenvalue weighted by molar-refractivity contribution is 7.80. The van der Waals surface area contributed by atoms with Gasteiger partial charge in [0.1, 0.15) is 5.82 Å². The monoisotopic (exact) mass is 274 g/mol. The first-order chi connectivity index (χ1) is 9.28. The lowest BCUT2D eigenvalue weighted by molar-refractivity contribution is 0.139. The lowest BCUT2D eigenvalue weighted by atomic mass is 9.70. The largest absolute Gasteiger partial charge is 0.327 e. The molecule has 0 atom stereocenters. The van der Waals surface area contributed by atoms with Gasteiger partial charge in [-0.2, -0.15) is 12.6 Å². The number of para-hydroxylation sites is 2. The Bertz CT molecular complexity index is 564. The van der Waals surface area contributed by atoms with E-state index < -0.39 is 0 Å². The zero-order valence-electron chi connectivity index (χ0n) is 11.6. The number of rotatable bonds is 5. The minimum absolute atomic E-state index is 0.412. The van der Waals surface area contributed by atoms with Crippen molar-refractivity contribution in [1.29, 1.82) is 0 Å². The molecule has 0 aliphatic heterocycles. The fourth-order valence-corrected chi connectivity index (χ4v) is 3.51. The fraction of sp³-hybridized carbons (Fsp3) is 0.562. The van der Waals surface area contributed by atoms with Gasteiger partial charge in [0.2, 0.25) is 0 Å². The van der Waals surface area contributed by atoms with Crippen LogP contribution in [0.5, 0.6) is 0 Å². The van der Waals surface area contributed by atoms with Crippen LogP contribution in [-0.4, -0.2) is 15.3 Å². The molecule has 0 spiro atoms. The molecule has 1 aliphatic rings. The smallest absolute Gasteiger partial charge is 0.109 e. The molecule has 0 amide bonds. The van der Waals surface area contributed by atoms with E-state index in [2.05, 4.69) is 48.4 Å². The fourth-order valence-electron chi connectivity index (χ4n) is 3.09. The second-order valence-corrected chi connectivity index (χ2v) is 6.18. The molecular weight excluding hydrogens is 252 g/mol. The second kappa shape index (κ2) is 5.20. The number of nitrogens with zero attached hydrogens (tertiary/aromatic N) is 2. The maximum absolute atomic E-state index is 4.82. The molecule has 0 N–H and O–H groups in total. The molecule has 102 valence electrons. The van der Waals surface area contributed by atoms with Crippen LogP contribution in [0.4, 0.5) is 0 Å². The normalized spacial score (nSPS) is 17.6. The van der Waals surface area contributed by atoms with Gasteiger partial charge in [0.25, 0.3) is 0 Å². The van der Waals surface area contributed by atoms with Crippen molar-refractivity contribution < 1.29 is 0 Å². The van der Waals surface area contributed by atoms with Gasteiger partial charge in [-0.3, -0.25) is 0 Å². The maximum atomic E-state index is 4.82. The van der Waals surface area contributed by atoms with Crippen LogP contribution >= 0.6 is 12.6 Å². The van der Waals surface area contributed by atoms with E-state index in [1.807, 2.05) is 0 Å². The Hall–Kier alpha value is -0.960. The molecule has 1 heterocycles. The van der Waals surface area contributed by atoms with E-state index in [0.29, 0.717) is 5.41 Å². The molecule has 1 fully saturated rings. The predicted molar refractivity (Wildman–Crippen MR) is 83.9 cm³/mol. The maximum Gasteiger partial charge on any atom is 0.109 e. The van der Waals surface area contributed by atoms with Crippen LogP contribution in [0.3, 0.4) is 0 Å². The number of fused-ring (bicyclic) bond motifs is 1. The van der Waals surface area contributed by atoms with Gasteiger partial charge in [0, 0.05) is 13.0 Å². The van der Waals surface area contributed by atoms with Crippen molar-refractivity contribution in [3.8, 4) is 0 Å². The van der Waals surface area contributed by atoms with E-state index in [9.17, 15) is 0 Å². The number of hydrogen-bond acceptors (Lipinski definition) is 2. The Morgan fingerprint density at radius 3 is 2.74 bits per heavy atom. The van der Waals surface area contributed by atoms with Crippen LogP contribution in [0.1, 0.15) is 38.4 Å². The summed E-state index contributed by atoms with van der Waals surface area (Å²) in [5.41, 5.74) is 2.84.